The molecule has 13 heavy (non-hydrogen) atoms. The van der Waals surface area contributed by atoms with Gasteiger partial charge in [0.05, 0.1) is 0 Å². The molecular weight excluding hydrogens is 236 g/mol. The van der Waals surface area contributed by atoms with Gasteiger partial charge in [-0.3, -0.25) is 0 Å². The highest BCUT2D eigenvalue weighted by molar-refractivity contribution is 9.09. The van der Waals surface area contributed by atoms with E-state index in [2.05, 4.69) is 27.8 Å². The fourth-order valence-corrected chi connectivity index (χ4v) is 0.915. The summed E-state index contributed by atoms with van der Waals surface area (Å²) in [5.41, 5.74) is 0. The first kappa shape index (κ1) is 9.87. The summed E-state index contributed by atoms with van der Waals surface area (Å²) in [6.07, 6.45) is 0.711. The Labute approximate surface area is 83.9 Å². The third-order valence-electron chi connectivity index (χ3n) is 1.25. The average Bonchev–Trinajstić information content (AvgIpc) is 2.53. The van der Waals surface area contributed by atoms with Crippen molar-refractivity contribution in [3.8, 4) is 11.8 Å². The number of hydrogen-bond acceptors (Lipinski definition) is 2. The van der Waals surface area contributed by atoms with E-state index in [4.69, 9.17) is 9.52 Å². The van der Waals surface area contributed by atoms with E-state index < -0.39 is 5.97 Å². The summed E-state index contributed by atoms with van der Waals surface area (Å²) < 4.78 is 4.90. The van der Waals surface area contributed by atoms with Gasteiger partial charge in [0.1, 0.15) is 0 Å². The highest BCUT2D eigenvalue weighted by Crippen LogP contribution is 2.05. The molecule has 0 saturated heterocycles. The van der Waals surface area contributed by atoms with E-state index >= 15 is 0 Å². The van der Waals surface area contributed by atoms with Gasteiger partial charge in [-0.2, -0.15) is 0 Å². The van der Waals surface area contributed by atoms with Gasteiger partial charge < -0.3 is 9.52 Å². The molecule has 1 aromatic rings. The summed E-state index contributed by atoms with van der Waals surface area (Å²) in [4.78, 5) is 10.4. The second-order valence-corrected chi connectivity index (χ2v) is 3.00. The van der Waals surface area contributed by atoms with Crippen LogP contribution in [-0.2, 0) is 0 Å². The zero-order valence-corrected chi connectivity index (χ0v) is 8.30. The van der Waals surface area contributed by atoms with Gasteiger partial charge in [0.2, 0.25) is 5.76 Å². The van der Waals surface area contributed by atoms with Crippen molar-refractivity contribution in [3.63, 3.8) is 0 Å². The summed E-state index contributed by atoms with van der Waals surface area (Å²) in [6, 6.07) is 2.94. The van der Waals surface area contributed by atoms with Crippen LogP contribution >= 0.6 is 15.9 Å². The van der Waals surface area contributed by atoms with E-state index in [9.17, 15) is 4.79 Å². The van der Waals surface area contributed by atoms with Crippen LogP contribution in [0, 0.1) is 11.8 Å². The monoisotopic (exact) mass is 242 g/mol. The van der Waals surface area contributed by atoms with Gasteiger partial charge in [-0.15, -0.1) is 0 Å². The molecular formula is C9H7BrO3. The molecule has 4 heteroatoms. The Hall–Kier alpha value is -1.21. The Balaban J connectivity index is 2.71. The maximum Gasteiger partial charge on any atom is 0.371 e. The van der Waals surface area contributed by atoms with E-state index in [1.54, 1.807) is 6.07 Å². The molecule has 3 nitrogen and oxygen atoms in total. The van der Waals surface area contributed by atoms with Crippen molar-refractivity contribution in [2.75, 3.05) is 5.33 Å². The molecule has 0 spiro atoms. The Kier molecular flexibility index (Phi) is 3.59. The molecule has 0 aliphatic heterocycles. The number of carboxylic acids is 1. The zero-order chi connectivity index (χ0) is 9.68. The number of furan rings is 1. The predicted octanol–water partition coefficient (Wildman–Crippen LogP) is 2.11. The SMILES string of the molecule is O=C(O)c1ccc(C#CCCBr)o1. The maximum absolute atomic E-state index is 10.4. The number of halogens is 1. The van der Waals surface area contributed by atoms with Crippen LogP contribution < -0.4 is 0 Å². The number of alkyl halides is 1. The molecule has 0 radical (unpaired) electrons. The van der Waals surface area contributed by atoms with Crippen LogP contribution in [0.5, 0.6) is 0 Å². The first-order valence-electron chi connectivity index (χ1n) is 3.62. The van der Waals surface area contributed by atoms with Gasteiger partial charge in [-0.1, -0.05) is 21.9 Å². The van der Waals surface area contributed by atoms with Crippen molar-refractivity contribution in [1.29, 1.82) is 0 Å². The van der Waals surface area contributed by atoms with E-state index in [-0.39, 0.29) is 5.76 Å². The highest BCUT2D eigenvalue weighted by atomic mass is 79.9. The largest absolute Gasteiger partial charge is 0.475 e. The second kappa shape index (κ2) is 4.73. The van der Waals surface area contributed by atoms with Crippen LogP contribution in [0.15, 0.2) is 16.5 Å². The molecule has 1 N–H and O–H groups in total. The quantitative estimate of drug-likeness (QED) is 0.639. The number of carbonyl (C=O) groups is 1. The Morgan fingerprint density at radius 1 is 1.62 bits per heavy atom. The molecule has 0 aliphatic carbocycles. The van der Waals surface area contributed by atoms with Gasteiger partial charge in [0.25, 0.3) is 0 Å². The Morgan fingerprint density at radius 2 is 2.38 bits per heavy atom. The first-order chi connectivity index (χ1) is 6.24. The lowest BCUT2D eigenvalue weighted by atomic mass is 10.4. The van der Waals surface area contributed by atoms with Crippen LogP contribution in [0.3, 0.4) is 0 Å². The fraction of sp³-hybridized carbons (Fsp3) is 0.222. The molecule has 0 saturated carbocycles. The van der Waals surface area contributed by atoms with Crippen LogP contribution in [-0.4, -0.2) is 16.4 Å². The van der Waals surface area contributed by atoms with Crippen LogP contribution in [0.1, 0.15) is 22.7 Å². The molecule has 0 amide bonds. The van der Waals surface area contributed by atoms with Gasteiger partial charge in [0.15, 0.2) is 5.76 Å². The van der Waals surface area contributed by atoms with E-state index in [1.807, 2.05) is 0 Å². The molecule has 68 valence electrons. The second-order valence-electron chi connectivity index (χ2n) is 2.21. The Morgan fingerprint density at radius 3 is 2.92 bits per heavy atom. The number of rotatable bonds is 2. The topological polar surface area (TPSA) is 50.4 Å². The van der Waals surface area contributed by atoms with Crippen molar-refractivity contribution >= 4 is 21.9 Å². The van der Waals surface area contributed by atoms with Crippen molar-refractivity contribution in [2.24, 2.45) is 0 Å². The molecule has 0 unspecified atom stereocenters. The van der Waals surface area contributed by atoms with Crippen LogP contribution in [0.25, 0.3) is 0 Å². The van der Waals surface area contributed by atoms with Crippen LogP contribution in [0.4, 0.5) is 0 Å². The minimum absolute atomic E-state index is 0.0804. The number of aromatic carboxylic acids is 1. The number of carboxylic acid groups (broad SMARTS) is 1. The standard InChI is InChI=1S/C9H7BrO3/c10-6-2-1-3-7-4-5-8(13-7)9(11)12/h4-5H,2,6H2,(H,11,12). The van der Waals surface area contributed by atoms with Gasteiger partial charge in [-0.05, 0) is 18.1 Å². The molecule has 0 atom stereocenters. The summed E-state index contributed by atoms with van der Waals surface area (Å²) in [5.74, 6) is 4.76. The van der Waals surface area contributed by atoms with Gasteiger partial charge in [-0.25, -0.2) is 4.79 Å². The van der Waals surface area contributed by atoms with Gasteiger partial charge in [0, 0.05) is 11.8 Å². The van der Waals surface area contributed by atoms with E-state index in [0.29, 0.717) is 12.2 Å². The van der Waals surface area contributed by atoms with E-state index in [1.165, 1.54) is 6.07 Å². The fourth-order valence-electron chi connectivity index (χ4n) is 0.717. The lowest BCUT2D eigenvalue weighted by molar-refractivity contribution is 0.0662. The van der Waals surface area contributed by atoms with Gasteiger partial charge >= 0.3 is 5.97 Å². The summed E-state index contributed by atoms with van der Waals surface area (Å²) in [5, 5.41) is 9.32. The van der Waals surface area contributed by atoms with Crippen molar-refractivity contribution < 1.29 is 14.3 Å². The molecule has 1 aromatic heterocycles. The molecule has 1 heterocycles. The third kappa shape index (κ3) is 2.96. The highest BCUT2D eigenvalue weighted by Gasteiger charge is 2.06. The zero-order valence-electron chi connectivity index (χ0n) is 6.71. The first-order valence-corrected chi connectivity index (χ1v) is 4.74. The van der Waals surface area contributed by atoms with Crippen molar-refractivity contribution in [3.05, 3.63) is 23.7 Å². The summed E-state index contributed by atoms with van der Waals surface area (Å²) in [7, 11) is 0. The minimum Gasteiger partial charge on any atom is -0.475 e. The minimum atomic E-state index is -1.08. The Bertz CT molecular complexity index is 356. The summed E-state index contributed by atoms with van der Waals surface area (Å²) in [6.45, 7) is 0. The molecule has 0 fully saturated rings. The molecule has 0 bridgehead atoms. The predicted molar refractivity (Wildman–Crippen MR) is 51.0 cm³/mol. The average molecular weight is 243 g/mol. The number of hydrogen-bond donors (Lipinski definition) is 1. The van der Waals surface area contributed by atoms with E-state index in [0.717, 1.165) is 5.33 Å². The van der Waals surface area contributed by atoms with Crippen LogP contribution in [0.2, 0.25) is 0 Å². The summed E-state index contributed by atoms with van der Waals surface area (Å²) >= 11 is 3.22. The van der Waals surface area contributed by atoms with Crippen molar-refractivity contribution in [2.45, 2.75) is 6.42 Å². The molecule has 0 aromatic carbocycles. The van der Waals surface area contributed by atoms with Crippen molar-refractivity contribution in [1.82, 2.24) is 0 Å². The normalized spacial score (nSPS) is 9.00. The lowest BCUT2D eigenvalue weighted by Crippen LogP contribution is -1.91. The molecule has 0 aliphatic rings. The third-order valence-corrected chi connectivity index (χ3v) is 1.64. The lowest BCUT2D eigenvalue weighted by Gasteiger charge is -1.83. The molecule has 1 rings (SSSR count). The maximum atomic E-state index is 10.4. The smallest absolute Gasteiger partial charge is 0.371 e.